The number of hydrogen-bond donors (Lipinski definition) is 1. The zero-order valence-corrected chi connectivity index (χ0v) is 14.4. The SMILES string of the molecule is CCOCCCNC(=NC)N(C)CCOc1ccc(Cl)cc1. The normalized spacial score (nSPS) is 11.4. The molecule has 0 aliphatic rings. The maximum absolute atomic E-state index is 5.84. The van der Waals surface area contributed by atoms with E-state index in [9.17, 15) is 0 Å². The maximum Gasteiger partial charge on any atom is 0.193 e. The quantitative estimate of drug-likeness (QED) is 0.430. The van der Waals surface area contributed by atoms with Crippen LogP contribution in [0.3, 0.4) is 0 Å². The van der Waals surface area contributed by atoms with Crippen LogP contribution >= 0.6 is 11.6 Å². The number of halogens is 1. The molecule has 1 N–H and O–H groups in total. The van der Waals surface area contributed by atoms with Crippen LogP contribution in [0.4, 0.5) is 0 Å². The smallest absolute Gasteiger partial charge is 0.193 e. The zero-order valence-electron chi connectivity index (χ0n) is 13.6. The lowest BCUT2D eigenvalue weighted by Crippen LogP contribution is -2.41. The molecule has 1 aromatic carbocycles. The number of ether oxygens (including phenoxy) is 2. The van der Waals surface area contributed by atoms with E-state index < -0.39 is 0 Å². The van der Waals surface area contributed by atoms with Crippen LogP contribution in [-0.4, -0.2) is 57.9 Å². The first-order valence-electron chi connectivity index (χ1n) is 7.55. The molecule has 1 aromatic rings. The number of rotatable bonds is 9. The van der Waals surface area contributed by atoms with Gasteiger partial charge in [0.1, 0.15) is 12.4 Å². The third-order valence-electron chi connectivity index (χ3n) is 3.04. The van der Waals surface area contributed by atoms with Gasteiger partial charge in [-0.2, -0.15) is 0 Å². The van der Waals surface area contributed by atoms with Gasteiger partial charge in [-0.15, -0.1) is 0 Å². The average molecular weight is 328 g/mol. The van der Waals surface area contributed by atoms with Crippen molar-refractivity contribution in [3.8, 4) is 5.75 Å². The van der Waals surface area contributed by atoms with Crippen LogP contribution in [-0.2, 0) is 4.74 Å². The van der Waals surface area contributed by atoms with Crippen LogP contribution in [0.5, 0.6) is 5.75 Å². The van der Waals surface area contributed by atoms with Gasteiger partial charge in [-0.1, -0.05) is 11.6 Å². The van der Waals surface area contributed by atoms with E-state index in [1.54, 1.807) is 7.05 Å². The van der Waals surface area contributed by atoms with E-state index in [-0.39, 0.29) is 0 Å². The molecule has 0 fully saturated rings. The number of guanidine groups is 1. The highest BCUT2D eigenvalue weighted by molar-refractivity contribution is 6.30. The molecule has 22 heavy (non-hydrogen) atoms. The molecule has 0 unspecified atom stereocenters. The number of aliphatic imine (C=N–C) groups is 1. The lowest BCUT2D eigenvalue weighted by atomic mass is 10.3. The van der Waals surface area contributed by atoms with Crippen LogP contribution in [0.1, 0.15) is 13.3 Å². The molecular formula is C16H26ClN3O2. The van der Waals surface area contributed by atoms with E-state index in [2.05, 4.69) is 10.3 Å². The second-order valence-corrected chi connectivity index (χ2v) is 5.18. The maximum atomic E-state index is 5.84. The fourth-order valence-electron chi connectivity index (χ4n) is 1.84. The van der Waals surface area contributed by atoms with Crippen molar-refractivity contribution in [1.82, 2.24) is 10.2 Å². The Hall–Kier alpha value is -1.46. The monoisotopic (exact) mass is 327 g/mol. The van der Waals surface area contributed by atoms with Crippen molar-refractivity contribution in [3.63, 3.8) is 0 Å². The van der Waals surface area contributed by atoms with Gasteiger partial charge in [0.25, 0.3) is 0 Å². The van der Waals surface area contributed by atoms with Crippen molar-refractivity contribution in [1.29, 1.82) is 0 Å². The van der Waals surface area contributed by atoms with E-state index >= 15 is 0 Å². The third kappa shape index (κ3) is 7.52. The van der Waals surface area contributed by atoms with Gasteiger partial charge in [0.05, 0.1) is 6.54 Å². The summed E-state index contributed by atoms with van der Waals surface area (Å²) >= 11 is 5.84. The molecule has 1 rings (SSSR count). The number of nitrogens with one attached hydrogen (secondary N) is 1. The summed E-state index contributed by atoms with van der Waals surface area (Å²) in [7, 11) is 3.77. The Morgan fingerprint density at radius 1 is 1.27 bits per heavy atom. The minimum Gasteiger partial charge on any atom is -0.492 e. The summed E-state index contributed by atoms with van der Waals surface area (Å²) in [4.78, 5) is 6.30. The predicted octanol–water partition coefficient (Wildman–Crippen LogP) is 2.65. The Balaban J connectivity index is 2.23. The first-order chi connectivity index (χ1) is 10.7. The second-order valence-electron chi connectivity index (χ2n) is 4.75. The number of benzene rings is 1. The Morgan fingerprint density at radius 3 is 2.64 bits per heavy atom. The van der Waals surface area contributed by atoms with Crippen LogP contribution in [0.25, 0.3) is 0 Å². The predicted molar refractivity (Wildman–Crippen MR) is 92.0 cm³/mol. The largest absolute Gasteiger partial charge is 0.492 e. The number of likely N-dealkylation sites (N-methyl/N-ethyl adjacent to an activating group) is 1. The average Bonchev–Trinajstić information content (AvgIpc) is 2.52. The molecule has 0 aliphatic carbocycles. The van der Waals surface area contributed by atoms with E-state index in [0.29, 0.717) is 11.6 Å². The lowest BCUT2D eigenvalue weighted by molar-refractivity contribution is 0.145. The Labute approximate surface area is 138 Å². The number of nitrogens with zero attached hydrogens (tertiary/aromatic N) is 2. The second kappa shape index (κ2) is 11.2. The van der Waals surface area contributed by atoms with Gasteiger partial charge < -0.3 is 19.7 Å². The molecule has 0 saturated heterocycles. The summed E-state index contributed by atoms with van der Waals surface area (Å²) < 4.78 is 11.0. The fraction of sp³-hybridized carbons (Fsp3) is 0.562. The minimum atomic E-state index is 0.581. The van der Waals surface area contributed by atoms with E-state index in [1.807, 2.05) is 43.1 Å². The van der Waals surface area contributed by atoms with Gasteiger partial charge in [-0.3, -0.25) is 4.99 Å². The molecule has 0 saturated carbocycles. The Morgan fingerprint density at radius 2 is 2.00 bits per heavy atom. The summed E-state index contributed by atoms with van der Waals surface area (Å²) in [5.74, 6) is 1.67. The molecule has 0 amide bonds. The highest BCUT2D eigenvalue weighted by atomic mass is 35.5. The van der Waals surface area contributed by atoms with Crippen molar-refractivity contribution in [2.24, 2.45) is 4.99 Å². The van der Waals surface area contributed by atoms with Crippen molar-refractivity contribution in [3.05, 3.63) is 29.3 Å². The molecule has 0 heterocycles. The standard InChI is InChI=1S/C16H26ClN3O2/c1-4-21-12-5-10-19-16(18-2)20(3)11-13-22-15-8-6-14(17)7-9-15/h6-9H,4-5,10-13H2,1-3H3,(H,18,19). The van der Waals surface area contributed by atoms with Crippen molar-refractivity contribution in [2.45, 2.75) is 13.3 Å². The first kappa shape index (κ1) is 18.6. The van der Waals surface area contributed by atoms with Gasteiger partial charge in [0.15, 0.2) is 5.96 Å². The summed E-state index contributed by atoms with van der Waals surface area (Å²) in [6.45, 7) is 5.70. The van der Waals surface area contributed by atoms with Gasteiger partial charge in [-0.25, -0.2) is 0 Å². The van der Waals surface area contributed by atoms with E-state index in [0.717, 1.165) is 44.4 Å². The fourth-order valence-corrected chi connectivity index (χ4v) is 1.97. The molecule has 0 bridgehead atoms. The van der Waals surface area contributed by atoms with Gasteiger partial charge in [0, 0.05) is 38.9 Å². The molecule has 0 atom stereocenters. The summed E-state index contributed by atoms with van der Waals surface area (Å²) in [6.07, 6.45) is 0.960. The number of hydrogen-bond acceptors (Lipinski definition) is 3. The molecule has 0 spiro atoms. The molecule has 124 valence electrons. The third-order valence-corrected chi connectivity index (χ3v) is 3.29. The molecule has 0 aliphatic heterocycles. The van der Waals surface area contributed by atoms with E-state index in [1.165, 1.54) is 0 Å². The van der Waals surface area contributed by atoms with Crippen LogP contribution < -0.4 is 10.1 Å². The van der Waals surface area contributed by atoms with Gasteiger partial charge in [-0.05, 0) is 37.6 Å². The first-order valence-corrected chi connectivity index (χ1v) is 7.93. The topological polar surface area (TPSA) is 46.1 Å². The summed E-state index contributed by atoms with van der Waals surface area (Å²) in [6, 6.07) is 7.37. The summed E-state index contributed by atoms with van der Waals surface area (Å²) in [5, 5.41) is 4.02. The molecule has 0 radical (unpaired) electrons. The van der Waals surface area contributed by atoms with Crippen molar-refractivity contribution >= 4 is 17.6 Å². The molecule has 6 heteroatoms. The van der Waals surface area contributed by atoms with Crippen LogP contribution in [0.15, 0.2) is 29.3 Å². The highest BCUT2D eigenvalue weighted by Crippen LogP contribution is 2.15. The highest BCUT2D eigenvalue weighted by Gasteiger charge is 2.05. The Bertz CT molecular complexity index is 438. The molecule has 5 nitrogen and oxygen atoms in total. The van der Waals surface area contributed by atoms with E-state index in [4.69, 9.17) is 21.1 Å². The van der Waals surface area contributed by atoms with Crippen LogP contribution in [0.2, 0.25) is 5.02 Å². The van der Waals surface area contributed by atoms with Gasteiger partial charge in [0.2, 0.25) is 0 Å². The Kier molecular flexibility index (Phi) is 9.42. The van der Waals surface area contributed by atoms with Gasteiger partial charge >= 0.3 is 0 Å². The van der Waals surface area contributed by atoms with Crippen molar-refractivity contribution < 1.29 is 9.47 Å². The van der Waals surface area contributed by atoms with Crippen LogP contribution in [0, 0.1) is 0 Å². The molecular weight excluding hydrogens is 302 g/mol. The lowest BCUT2D eigenvalue weighted by Gasteiger charge is -2.22. The summed E-state index contributed by atoms with van der Waals surface area (Å²) in [5.41, 5.74) is 0. The molecule has 0 aromatic heterocycles. The van der Waals surface area contributed by atoms with Crippen molar-refractivity contribution in [2.75, 3.05) is 47.0 Å². The zero-order chi connectivity index (χ0) is 16.2. The minimum absolute atomic E-state index is 0.581.